The summed E-state index contributed by atoms with van der Waals surface area (Å²) in [6, 6.07) is 6.25. The van der Waals surface area contributed by atoms with Gasteiger partial charge in [0, 0.05) is 24.4 Å². The van der Waals surface area contributed by atoms with Gasteiger partial charge in [0.05, 0.1) is 12.2 Å². The molecule has 0 spiro atoms. The first kappa shape index (κ1) is 14.5. The van der Waals surface area contributed by atoms with Crippen molar-refractivity contribution in [1.82, 2.24) is 0 Å². The number of ether oxygens (including phenoxy) is 2. The molecule has 0 amide bonds. The molecule has 0 aliphatic rings. The lowest BCUT2D eigenvalue weighted by Crippen LogP contribution is -2.25. The normalized spacial score (nSPS) is 11.6. The van der Waals surface area contributed by atoms with Crippen molar-refractivity contribution >= 4 is 15.9 Å². The highest BCUT2D eigenvalue weighted by molar-refractivity contribution is 9.08. The molecule has 1 rings (SSSR count). The van der Waals surface area contributed by atoms with Crippen molar-refractivity contribution in [3.8, 4) is 5.75 Å². The fourth-order valence-corrected chi connectivity index (χ4v) is 1.90. The standard InChI is InChI=1S/C14H21BrO2/c1-11-5-6-13(12(9-11)10-15)17-8-7-14(2,3)16-4/h5-6,9H,7-8,10H2,1-4H3. The van der Waals surface area contributed by atoms with E-state index in [1.54, 1.807) is 7.11 Å². The van der Waals surface area contributed by atoms with Crippen LogP contribution in [-0.4, -0.2) is 19.3 Å². The van der Waals surface area contributed by atoms with Crippen LogP contribution < -0.4 is 4.74 Å². The summed E-state index contributed by atoms with van der Waals surface area (Å²) in [5.74, 6) is 0.958. The highest BCUT2D eigenvalue weighted by Gasteiger charge is 2.16. The Balaban J connectivity index is 2.57. The summed E-state index contributed by atoms with van der Waals surface area (Å²) in [6.07, 6.45) is 0.874. The van der Waals surface area contributed by atoms with Gasteiger partial charge in [0.15, 0.2) is 0 Å². The van der Waals surface area contributed by atoms with Crippen molar-refractivity contribution in [2.24, 2.45) is 0 Å². The predicted molar refractivity (Wildman–Crippen MR) is 75.0 cm³/mol. The van der Waals surface area contributed by atoms with E-state index in [0.29, 0.717) is 6.61 Å². The smallest absolute Gasteiger partial charge is 0.123 e. The number of hydrogen-bond acceptors (Lipinski definition) is 2. The summed E-state index contributed by atoms with van der Waals surface area (Å²) in [4.78, 5) is 0. The van der Waals surface area contributed by atoms with Crippen LogP contribution in [0.25, 0.3) is 0 Å². The van der Waals surface area contributed by atoms with Gasteiger partial charge in [-0.05, 0) is 26.8 Å². The lowest BCUT2D eigenvalue weighted by molar-refractivity contribution is 0.00539. The molecule has 3 heteroatoms. The van der Waals surface area contributed by atoms with Crippen molar-refractivity contribution in [2.75, 3.05) is 13.7 Å². The minimum atomic E-state index is -0.126. The van der Waals surface area contributed by atoms with Gasteiger partial charge in [0.1, 0.15) is 5.75 Å². The van der Waals surface area contributed by atoms with Crippen molar-refractivity contribution in [3.63, 3.8) is 0 Å². The van der Waals surface area contributed by atoms with E-state index in [4.69, 9.17) is 9.47 Å². The molecule has 0 aliphatic heterocycles. The molecule has 0 atom stereocenters. The maximum Gasteiger partial charge on any atom is 0.123 e. The Kier molecular flexibility index (Phi) is 5.47. The van der Waals surface area contributed by atoms with Crippen LogP contribution in [0.1, 0.15) is 31.4 Å². The SMILES string of the molecule is COC(C)(C)CCOc1ccc(C)cc1CBr. The van der Waals surface area contributed by atoms with Gasteiger partial charge >= 0.3 is 0 Å². The van der Waals surface area contributed by atoms with E-state index in [1.807, 2.05) is 6.07 Å². The van der Waals surface area contributed by atoms with Crippen LogP contribution in [0.15, 0.2) is 18.2 Å². The molecule has 1 aromatic rings. The molecule has 0 unspecified atom stereocenters. The molecule has 2 nitrogen and oxygen atoms in total. The maximum atomic E-state index is 5.81. The average Bonchev–Trinajstić information content (AvgIpc) is 2.30. The van der Waals surface area contributed by atoms with Crippen LogP contribution in [0.2, 0.25) is 0 Å². The molecule has 0 aromatic heterocycles. The molecule has 96 valence electrons. The van der Waals surface area contributed by atoms with Crippen LogP contribution in [0.5, 0.6) is 5.75 Å². The second kappa shape index (κ2) is 6.41. The van der Waals surface area contributed by atoms with Gasteiger partial charge in [-0.1, -0.05) is 33.6 Å². The molecule has 0 bridgehead atoms. The summed E-state index contributed by atoms with van der Waals surface area (Å²) in [7, 11) is 1.73. The van der Waals surface area contributed by atoms with Gasteiger partial charge < -0.3 is 9.47 Å². The summed E-state index contributed by atoms with van der Waals surface area (Å²) in [5, 5.41) is 0.817. The fourth-order valence-electron chi connectivity index (χ4n) is 1.46. The van der Waals surface area contributed by atoms with Gasteiger partial charge in [0.2, 0.25) is 0 Å². The lowest BCUT2D eigenvalue weighted by atomic mass is 10.1. The lowest BCUT2D eigenvalue weighted by Gasteiger charge is -2.23. The number of rotatable bonds is 6. The first-order valence-corrected chi connectivity index (χ1v) is 6.94. The minimum absolute atomic E-state index is 0.126. The number of aryl methyl sites for hydroxylation is 1. The van der Waals surface area contributed by atoms with Crippen molar-refractivity contribution in [1.29, 1.82) is 0 Å². The quantitative estimate of drug-likeness (QED) is 0.737. The summed E-state index contributed by atoms with van der Waals surface area (Å²) in [6.45, 7) is 6.89. The molecule has 1 aromatic carbocycles. The summed E-state index contributed by atoms with van der Waals surface area (Å²) in [5.41, 5.74) is 2.32. The number of benzene rings is 1. The minimum Gasteiger partial charge on any atom is -0.493 e. The van der Waals surface area contributed by atoms with E-state index >= 15 is 0 Å². The van der Waals surface area contributed by atoms with Crippen LogP contribution >= 0.6 is 15.9 Å². The third-order valence-corrected chi connectivity index (χ3v) is 3.48. The van der Waals surface area contributed by atoms with Gasteiger partial charge in [-0.25, -0.2) is 0 Å². The second-order valence-electron chi connectivity index (χ2n) is 4.81. The van der Waals surface area contributed by atoms with Crippen LogP contribution in [0.4, 0.5) is 0 Å². The highest BCUT2D eigenvalue weighted by atomic mass is 79.9. The Morgan fingerprint density at radius 3 is 2.59 bits per heavy atom. The molecule has 0 N–H and O–H groups in total. The third-order valence-electron chi connectivity index (χ3n) is 2.87. The monoisotopic (exact) mass is 300 g/mol. The molecular weight excluding hydrogens is 280 g/mol. The Hall–Kier alpha value is -0.540. The topological polar surface area (TPSA) is 18.5 Å². The largest absolute Gasteiger partial charge is 0.493 e. The molecule has 0 saturated carbocycles. The van der Waals surface area contributed by atoms with Crippen LogP contribution in [-0.2, 0) is 10.1 Å². The highest BCUT2D eigenvalue weighted by Crippen LogP contribution is 2.23. The molecule has 0 aliphatic carbocycles. The molecular formula is C14H21BrO2. The third kappa shape index (κ3) is 4.68. The Bertz CT molecular complexity index is 361. The molecule has 0 heterocycles. The van der Waals surface area contributed by atoms with Crippen molar-refractivity contribution in [2.45, 2.75) is 38.1 Å². The zero-order chi connectivity index (χ0) is 12.9. The van der Waals surface area contributed by atoms with E-state index in [1.165, 1.54) is 11.1 Å². The summed E-state index contributed by atoms with van der Waals surface area (Å²) >= 11 is 3.48. The number of hydrogen-bond donors (Lipinski definition) is 0. The Morgan fingerprint density at radius 1 is 1.29 bits per heavy atom. The zero-order valence-corrected chi connectivity index (χ0v) is 12.6. The predicted octanol–water partition coefficient (Wildman–Crippen LogP) is 4.08. The number of alkyl halides is 1. The van der Waals surface area contributed by atoms with Crippen molar-refractivity contribution in [3.05, 3.63) is 29.3 Å². The van der Waals surface area contributed by atoms with Gasteiger partial charge in [-0.2, -0.15) is 0 Å². The zero-order valence-electron chi connectivity index (χ0n) is 11.0. The van der Waals surface area contributed by atoms with E-state index in [2.05, 4.69) is 48.8 Å². The maximum absolute atomic E-state index is 5.81. The molecule has 17 heavy (non-hydrogen) atoms. The molecule has 0 fully saturated rings. The first-order valence-electron chi connectivity index (χ1n) is 5.82. The van der Waals surface area contributed by atoms with Crippen LogP contribution in [0.3, 0.4) is 0 Å². The second-order valence-corrected chi connectivity index (χ2v) is 5.37. The number of halogens is 1. The molecule has 0 saturated heterocycles. The van der Waals surface area contributed by atoms with E-state index < -0.39 is 0 Å². The Morgan fingerprint density at radius 2 is 2.00 bits per heavy atom. The molecule has 0 radical (unpaired) electrons. The van der Waals surface area contributed by atoms with Crippen molar-refractivity contribution < 1.29 is 9.47 Å². The van der Waals surface area contributed by atoms with E-state index in [9.17, 15) is 0 Å². The Labute approximate surface area is 112 Å². The summed E-state index contributed by atoms with van der Waals surface area (Å²) < 4.78 is 11.2. The van der Waals surface area contributed by atoms with E-state index in [-0.39, 0.29) is 5.60 Å². The first-order chi connectivity index (χ1) is 7.98. The van der Waals surface area contributed by atoms with E-state index in [0.717, 1.165) is 17.5 Å². The van der Waals surface area contributed by atoms with Gasteiger partial charge in [0.25, 0.3) is 0 Å². The van der Waals surface area contributed by atoms with Crippen LogP contribution in [0, 0.1) is 6.92 Å². The van der Waals surface area contributed by atoms with Gasteiger partial charge in [-0.15, -0.1) is 0 Å². The number of methoxy groups -OCH3 is 1. The van der Waals surface area contributed by atoms with Gasteiger partial charge in [-0.3, -0.25) is 0 Å². The average molecular weight is 301 g/mol. The fraction of sp³-hybridized carbons (Fsp3) is 0.571.